The van der Waals surface area contributed by atoms with Gasteiger partial charge in [-0.05, 0) is 26.0 Å². The Morgan fingerprint density at radius 3 is 2.68 bits per heavy atom. The minimum Gasteiger partial charge on any atom is -0.314 e. The predicted molar refractivity (Wildman–Crippen MR) is 66.3 cm³/mol. The van der Waals surface area contributed by atoms with Crippen LogP contribution in [0.15, 0.2) is 33.7 Å². The molecular weight excluding hydrogens is 270 g/mol. The van der Waals surface area contributed by atoms with E-state index in [2.05, 4.69) is 19.4 Å². The summed E-state index contributed by atoms with van der Waals surface area (Å²) in [7, 11) is -3.85. The highest BCUT2D eigenvalue weighted by molar-refractivity contribution is 7.92. The smallest absolute Gasteiger partial charge is 0.314 e. The largest absolute Gasteiger partial charge is 0.335 e. The lowest BCUT2D eigenvalue weighted by Crippen LogP contribution is -2.13. The zero-order valence-corrected chi connectivity index (χ0v) is 11.1. The standard InChI is InChI=1S/C11H11N3O4S/c1-7(15)9-4-3-5-10(6-9)19(16,17)14-11-12-8(2)13-18-11/h3-6H,1-2H3,(H,12,13,14). The number of rotatable bonds is 4. The lowest BCUT2D eigenvalue weighted by Gasteiger charge is -2.04. The van der Waals surface area contributed by atoms with Crippen molar-refractivity contribution in [3.63, 3.8) is 0 Å². The molecule has 0 spiro atoms. The van der Waals surface area contributed by atoms with Crippen LogP contribution < -0.4 is 4.72 Å². The third-order valence-corrected chi connectivity index (χ3v) is 3.62. The Bertz CT molecular complexity index is 721. The van der Waals surface area contributed by atoms with Crippen LogP contribution in [0, 0.1) is 6.92 Å². The van der Waals surface area contributed by atoms with E-state index in [1.165, 1.54) is 31.2 Å². The summed E-state index contributed by atoms with van der Waals surface area (Å²) in [6.45, 7) is 2.93. The number of nitrogens with one attached hydrogen (secondary N) is 1. The molecule has 0 radical (unpaired) electrons. The molecule has 7 nitrogen and oxygen atoms in total. The van der Waals surface area contributed by atoms with Gasteiger partial charge in [-0.2, -0.15) is 4.98 Å². The Hall–Kier alpha value is -2.22. The van der Waals surface area contributed by atoms with Crippen molar-refractivity contribution in [1.29, 1.82) is 0 Å². The summed E-state index contributed by atoms with van der Waals surface area (Å²) in [6.07, 6.45) is 0. The van der Waals surface area contributed by atoms with Crippen molar-refractivity contribution in [2.75, 3.05) is 4.72 Å². The van der Waals surface area contributed by atoms with E-state index in [1.807, 2.05) is 0 Å². The van der Waals surface area contributed by atoms with Crippen LogP contribution in [-0.4, -0.2) is 24.3 Å². The van der Waals surface area contributed by atoms with Crippen LogP contribution in [0.1, 0.15) is 23.1 Å². The third kappa shape index (κ3) is 2.97. The van der Waals surface area contributed by atoms with Crippen molar-refractivity contribution in [3.05, 3.63) is 35.7 Å². The first kappa shape index (κ1) is 13.2. The molecule has 1 aromatic heterocycles. The van der Waals surface area contributed by atoms with E-state index in [4.69, 9.17) is 0 Å². The average molecular weight is 281 g/mol. The normalized spacial score (nSPS) is 11.3. The molecule has 0 aliphatic rings. The van der Waals surface area contributed by atoms with Crippen LogP contribution in [0.3, 0.4) is 0 Å². The molecule has 1 N–H and O–H groups in total. The summed E-state index contributed by atoms with van der Waals surface area (Å²) in [4.78, 5) is 14.9. The van der Waals surface area contributed by atoms with Crippen molar-refractivity contribution < 1.29 is 17.7 Å². The quantitative estimate of drug-likeness (QED) is 0.849. The first-order chi connectivity index (χ1) is 8.88. The molecule has 2 rings (SSSR count). The number of sulfonamides is 1. The summed E-state index contributed by atoms with van der Waals surface area (Å²) in [5.41, 5.74) is 0.310. The van der Waals surface area contributed by atoms with E-state index >= 15 is 0 Å². The fraction of sp³-hybridized carbons (Fsp3) is 0.182. The first-order valence-corrected chi connectivity index (χ1v) is 6.81. The number of nitrogens with zero attached hydrogens (tertiary/aromatic N) is 2. The predicted octanol–water partition coefficient (Wildman–Crippen LogP) is 1.38. The lowest BCUT2D eigenvalue weighted by molar-refractivity contribution is 0.101. The summed E-state index contributed by atoms with van der Waals surface area (Å²) in [5, 5.41) is 3.47. The van der Waals surface area contributed by atoms with Gasteiger partial charge < -0.3 is 4.52 Å². The Labute approximate surface area is 109 Å². The SMILES string of the molecule is CC(=O)c1cccc(S(=O)(=O)Nc2nc(C)no2)c1. The van der Waals surface area contributed by atoms with Gasteiger partial charge in [0.15, 0.2) is 11.6 Å². The van der Waals surface area contributed by atoms with Crippen molar-refractivity contribution >= 4 is 21.8 Å². The number of carbonyl (C=O) groups excluding carboxylic acids is 1. The molecule has 1 aromatic carbocycles. The lowest BCUT2D eigenvalue weighted by atomic mass is 10.2. The van der Waals surface area contributed by atoms with Crippen LogP contribution in [0.5, 0.6) is 0 Å². The number of carbonyl (C=O) groups is 1. The molecule has 0 aliphatic carbocycles. The summed E-state index contributed by atoms with van der Waals surface area (Å²) in [5.74, 6) is 0.0980. The average Bonchev–Trinajstić information content (AvgIpc) is 2.74. The van der Waals surface area contributed by atoms with Gasteiger partial charge in [-0.15, -0.1) is 0 Å². The maximum absolute atomic E-state index is 12.0. The minimum atomic E-state index is -3.85. The molecule has 0 atom stereocenters. The first-order valence-electron chi connectivity index (χ1n) is 5.32. The van der Waals surface area contributed by atoms with E-state index in [0.717, 1.165) is 0 Å². The van der Waals surface area contributed by atoms with E-state index in [-0.39, 0.29) is 16.7 Å². The molecule has 0 saturated carbocycles. The summed E-state index contributed by atoms with van der Waals surface area (Å²) < 4.78 is 30.9. The van der Waals surface area contributed by atoms with Gasteiger partial charge in [0.1, 0.15) is 0 Å². The molecular formula is C11H11N3O4S. The fourth-order valence-corrected chi connectivity index (χ4v) is 2.37. The van der Waals surface area contributed by atoms with Gasteiger partial charge in [-0.3, -0.25) is 4.79 Å². The van der Waals surface area contributed by atoms with Crippen LogP contribution in [0.2, 0.25) is 0 Å². The molecule has 0 aliphatic heterocycles. The number of anilines is 1. The van der Waals surface area contributed by atoms with Crippen molar-refractivity contribution in [2.24, 2.45) is 0 Å². The van der Waals surface area contributed by atoms with Crippen LogP contribution in [-0.2, 0) is 10.0 Å². The monoisotopic (exact) mass is 281 g/mol. The number of hydrogen-bond donors (Lipinski definition) is 1. The van der Waals surface area contributed by atoms with Crippen LogP contribution >= 0.6 is 0 Å². The molecule has 0 fully saturated rings. The summed E-state index contributed by atoms with van der Waals surface area (Å²) in [6, 6.07) is 5.47. The highest BCUT2D eigenvalue weighted by Gasteiger charge is 2.18. The highest BCUT2D eigenvalue weighted by Crippen LogP contribution is 2.16. The van der Waals surface area contributed by atoms with Crippen LogP contribution in [0.25, 0.3) is 0 Å². The molecule has 0 saturated heterocycles. The Balaban J connectivity index is 2.34. The fourth-order valence-electron chi connectivity index (χ4n) is 1.39. The second-order valence-corrected chi connectivity index (χ2v) is 5.52. The van der Waals surface area contributed by atoms with Gasteiger partial charge in [0, 0.05) is 5.56 Å². The van der Waals surface area contributed by atoms with Crippen molar-refractivity contribution in [2.45, 2.75) is 18.7 Å². The zero-order chi connectivity index (χ0) is 14.0. The topological polar surface area (TPSA) is 102 Å². The van der Waals surface area contributed by atoms with Crippen molar-refractivity contribution in [3.8, 4) is 0 Å². The molecule has 8 heteroatoms. The number of aromatic nitrogens is 2. The van der Waals surface area contributed by atoms with Crippen LogP contribution in [0.4, 0.5) is 6.01 Å². The second-order valence-electron chi connectivity index (χ2n) is 3.84. The minimum absolute atomic E-state index is 0.0453. The molecule has 19 heavy (non-hydrogen) atoms. The molecule has 0 bridgehead atoms. The molecule has 100 valence electrons. The summed E-state index contributed by atoms with van der Waals surface area (Å²) >= 11 is 0. The van der Waals surface area contributed by atoms with Gasteiger partial charge in [0.2, 0.25) is 0 Å². The Morgan fingerprint density at radius 1 is 1.37 bits per heavy atom. The molecule has 1 heterocycles. The third-order valence-electron chi connectivity index (χ3n) is 2.30. The van der Waals surface area contributed by atoms with Gasteiger partial charge in [-0.25, -0.2) is 13.1 Å². The van der Waals surface area contributed by atoms with Gasteiger partial charge in [-0.1, -0.05) is 17.3 Å². The number of hydrogen-bond acceptors (Lipinski definition) is 6. The Morgan fingerprint density at radius 2 is 2.11 bits per heavy atom. The van der Waals surface area contributed by atoms with E-state index in [0.29, 0.717) is 11.4 Å². The zero-order valence-electron chi connectivity index (χ0n) is 10.2. The van der Waals surface area contributed by atoms with E-state index in [9.17, 15) is 13.2 Å². The van der Waals surface area contributed by atoms with Crippen molar-refractivity contribution in [1.82, 2.24) is 10.1 Å². The van der Waals surface area contributed by atoms with E-state index in [1.54, 1.807) is 6.92 Å². The maximum atomic E-state index is 12.0. The second kappa shape index (κ2) is 4.81. The number of ketones is 1. The number of Topliss-reactive ketones (excluding diaryl/α,β-unsaturated/α-hetero) is 1. The highest BCUT2D eigenvalue weighted by atomic mass is 32.2. The Kier molecular flexibility index (Phi) is 3.34. The molecule has 0 unspecified atom stereocenters. The number of aryl methyl sites for hydroxylation is 1. The van der Waals surface area contributed by atoms with Gasteiger partial charge >= 0.3 is 6.01 Å². The van der Waals surface area contributed by atoms with Gasteiger partial charge in [0.25, 0.3) is 10.0 Å². The maximum Gasteiger partial charge on any atom is 0.335 e. The molecule has 2 aromatic rings. The van der Waals surface area contributed by atoms with E-state index < -0.39 is 10.0 Å². The number of benzene rings is 1. The van der Waals surface area contributed by atoms with Gasteiger partial charge in [0.05, 0.1) is 4.90 Å². The molecule has 0 amide bonds.